The predicted molar refractivity (Wildman–Crippen MR) is 95.4 cm³/mol. The summed E-state index contributed by atoms with van der Waals surface area (Å²) in [6, 6.07) is 6.86. The van der Waals surface area contributed by atoms with Crippen LogP contribution >= 0.6 is 0 Å². The summed E-state index contributed by atoms with van der Waals surface area (Å²) in [4.78, 5) is 40.1. The number of hydrogen-bond acceptors (Lipinski definition) is 6. The van der Waals surface area contributed by atoms with Crippen LogP contribution in [0.15, 0.2) is 35.3 Å². The molecule has 8 nitrogen and oxygen atoms in total. The van der Waals surface area contributed by atoms with Crippen LogP contribution in [0.1, 0.15) is 28.5 Å². The highest BCUT2D eigenvalue weighted by Gasteiger charge is 2.30. The number of morpholine rings is 1. The number of nitrogens with zero attached hydrogens (tertiary/aromatic N) is 4. The maximum Gasteiger partial charge on any atom is 0.272 e. The fourth-order valence-corrected chi connectivity index (χ4v) is 3.43. The van der Waals surface area contributed by atoms with Crippen molar-refractivity contribution in [1.82, 2.24) is 19.9 Å². The van der Waals surface area contributed by atoms with Crippen LogP contribution in [0, 0.1) is 0 Å². The Hall–Kier alpha value is -2.74. The minimum absolute atomic E-state index is 0.0600. The second kappa shape index (κ2) is 7.25. The zero-order valence-electron chi connectivity index (χ0n) is 14.4. The summed E-state index contributed by atoms with van der Waals surface area (Å²) in [5.41, 5.74) is 1.03. The van der Waals surface area contributed by atoms with Crippen LogP contribution < -0.4 is 10.5 Å². The fraction of sp³-hybridized carbons (Fsp3) is 0.444. The molecule has 0 aromatic carbocycles. The molecule has 2 aromatic rings. The van der Waals surface area contributed by atoms with E-state index < -0.39 is 0 Å². The van der Waals surface area contributed by atoms with Crippen molar-refractivity contribution < 1.29 is 9.53 Å². The SMILES string of the molecule is O=C(c1ccccn1)N1CC[C@@H](c2cc(=O)[nH]c(N3CCOCC3)n2)C1. The number of pyridine rings is 1. The average Bonchev–Trinajstić information content (AvgIpc) is 3.18. The molecule has 26 heavy (non-hydrogen) atoms. The number of H-pyrrole nitrogens is 1. The maximum absolute atomic E-state index is 12.6. The Labute approximate surface area is 150 Å². The zero-order chi connectivity index (χ0) is 17.9. The number of aromatic amines is 1. The summed E-state index contributed by atoms with van der Waals surface area (Å²) in [6.07, 6.45) is 2.41. The van der Waals surface area contributed by atoms with Crippen LogP contribution in [0.5, 0.6) is 0 Å². The summed E-state index contributed by atoms with van der Waals surface area (Å²) < 4.78 is 5.35. The van der Waals surface area contributed by atoms with Gasteiger partial charge in [0.15, 0.2) is 0 Å². The lowest BCUT2D eigenvalue weighted by Crippen LogP contribution is -2.38. The molecule has 4 heterocycles. The summed E-state index contributed by atoms with van der Waals surface area (Å²) in [5.74, 6) is 0.571. The lowest BCUT2D eigenvalue weighted by molar-refractivity contribution is 0.0785. The van der Waals surface area contributed by atoms with Crippen LogP contribution in [0.4, 0.5) is 5.95 Å². The van der Waals surface area contributed by atoms with Crippen molar-refractivity contribution in [3.8, 4) is 0 Å². The molecule has 1 amide bonds. The van der Waals surface area contributed by atoms with E-state index in [1.807, 2.05) is 4.90 Å². The summed E-state index contributed by atoms with van der Waals surface area (Å²) in [6.45, 7) is 3.87. The summed E-state index contributed by atoms with van der Waals surface area (Å²) >= 11 is 0. The van der Waals surface area contributed by atoms with Gasteiger partial charge in [-0.25, -0.2) is 4.98 Å². The molecule has 4 rings (SSSR count). The molecule has 1 N–H and O–H groups in total. The first-order valence-corrected chi connectivity index (χ1v) is 8.85. The van der Waals surface area contributed by atoms with Crippen LogP contribution in [-0.2, 0) is 4.74 Å². The molecule has 2 aliphatic heterocycles. The van der Waals surface area contributed by atoms with Gasteiger partial charge in [0, 0.05) is 44.4 Å². The lowest BCUT2D eigenvalue weighted by Gasteiger charge is -2.27. The van der Waals surface area contributed by atoms with Crippen molar-refractivity contribution in [2.24, 2.45) is 0 Å². The van der Waals surface area contributed by atoms with Crippen LogP contribution in [0.25, 0.3) is 0 Å². The molecule has 1 atom stereocenters. The number of hydrogen-bond donors (Lipinski definition) is 1. The summed E-state index contributed by atoms with van der Waals surface area (Å²) in [5, 5.41) is 0. The maximum atomic E-state index is 12.6. The minimum Gasteiger partial charge on any atom is -0.378 e. The lowest BCUT2D eigenvalue weighted by atomic mass is 10.1. The van der Waals surface area contributed by atoms with E-state index >= 15 is 0 Å². The highest BCUT2D eigenvalue weighted by atomic mass is 16.5. The predicted octanol–water partition coefficient (Wildman–Crippen LogP) is 0.631. The molecule has 2 saturated heterocycles. The molecule has 0 unspecified atom stereocenters. The zero-order valence-corrected chi connectivity index (χ0v) is 14.4. The van der Waals surface area contributed by atoms with E-state index in [1.54, 1.807) is 35.4 Å². The van der Waals surface area contributed by atoms with Gasteiger partial charge in [0.1, 0.15) is 5.69 Å². The Bertz CT molecular complexity index is 832. The van der Waals surface area contributed by atoms with E-state index in [0.717, 1.165) is 12.1 Å². The Kier molecular flexibility index (Phi) is 4.66. The van der Waals surface area contributed by atoms with E-state index in [2.05, 4.69) is 15.0 Å². The number of nitrogens with one attached hydrogen (secondary N) is 1. The third kappa shape index (κ3) is 3.45. The Balaban J connectivity index is 1.51. The second-order valence-corrected chi connectivity index (χ2v) is 6.55. The molecular formula is C18H21N5O3. The van der Waals surface area contributed by atoms with Crippen molar-refractivity contribution in [2.45, 2.75) is 12.3 Å². The molecule has 0 saturated carbocycles. The van der Waals surface area contributed by atoms with Gasteiger partial charge in [-0.2, -0.15) is 0 Å². The van der Waals surface area contributed by atoms with Gasteiger partial charge in [-0.3, -0.25) is 19.6 Å². The van der Waals surface area contributed by atoms with Gasteiger partial charge in [0.25, 0.3) is 11.5 Å². The topological polar surface area (TPSA) is 91.4 Å². The fourth-order valence-electron chi connectivity index (χ4n) is 3.43. The van der Waals surface area contributed by atoms with E-state index in [9.17, 15) is 9.59 Å². The first-order chi connectivity index (χ1) is 12.7. The molecule has 8 heteroatoms. The third-order valence-electron chi connectivity index (χ3n) is 4.84. The number of anilines is 1. The molecule has 0 radical (unpaired) electrons. The quantitative estimate of drug-likeness (QED) is 0.868. The molecule has 2 aromatic heterocycles. The molecule has 136 valence electrons. The van der Waals surface area contributed by atoms with Crippen molar-refractivity contribution in [3.63, 3.8) is 0 Å². The van der Waals surface area contributed by atoms with Crippen molar-refractivity contribution >= 4 is 11.9 Å². The van der Waals surface area contributed by atoms with Gasteiger partial charge in [0.05, 0.1) is 18.9 Å². The minimum atomic E-state index is -0.161. The standard InChI is InChI=1S/C18H21N5O3/c24-16-11-15(20-18(21-16)22-7-9-26-10-8-22)13-4-6-23(12-13)17(25)14-3-1-2-5-19-14/h1-3,5,11,13H,4,6-10,12H2,(H,20,21,24)/t13-/m1/s1. The molecule has 0 aliphatic carbocycles. The Morgan fingerprint density at radius 2 is 2.08 bits per heavy atom. The van der Waals surface area contributed by atoms with Crippen molar-refractivity contribution in [3.05, 3.63) is 52.2 Å². The third-order valence-corrected chi connectivity index (χ3v) is 4.84. The van der Waals surface area contributed by atoms with Gasteiger partial charge >= 0.3 is 0 Å². The van der Waals surface area contributed by atoms with Crippen LogP contribution in [0.2, 0.25) is 0 Å². The smallest absolute Gasteiger partial charge is 0.272 e. The van der Waals surface area contributed by atoms with Crippen molar-refractivity contribution in [1.29, 1.82) is 0 Å². The van der Waals surface area contributed by atoms with E-state index in [1.165, 1.54) is 0 Å². The number of amides is 1. The van der Waals surface area contributed by atoms with Crippen LogP contribution in [0.3, 0.4) is 0 Å². The van der Waals surface area contributed by atoms with E-state index in [0.29, 0.717) is 51.0 Å². The van der Waals surface area contributed by atoms with E-state index in [4.69, 9.17) is 4.74 Å². The average molecular weight is 355 g/mol. The second-order valence-electron chi connectivity index (χ2n) is 6.55. The van der Waals surface area contributed by atoms with Gasteiger partial charge < -0.3 is 14.5 Å². The molecular weight excluding hydrogens is 334 g/mol. The van der Waals surface area contributed by atoms with Gasteiger partial charge in [-0.05, 0) is 18.6 Å². The summed E-state index contributed by atoms with van der Waals surface area (Å²) in [7, 11) is 0. The highest BCUT2D eigenvalue weighted by Crippen LogP contribution is 2.27. The Morgan fingerprint density at radius 1 is 1.23 bits per heavy atom. The monoisotopic (exact) mass is 355 g/mol. The first kappa shape index (κ1) is 16.7. The number of carbonyl (C=O) groups excluding carboxylic acids is 1. The molecule has 2 aliphatic rings. The normalized spacial score (nSPS) is 20.4. The number of ether oxygens (including phenoxy) is 1. The number of carbonyl (C=O) groups is 1. The highest BCUT2D eigenvalue weighted by molar-refractivity contribution is 5.92. The molecule has 0 bridgehead atoms. The molecule has 2 fully saturated rings. The Morgan fingerprint density at radius 3 is 2.85 bits per heavy atom. The largest absolute Gasteiger partial charge is 0.378 e. The number of aromatic nitrogens is 3. The van der Waals surface area contributed by atoms with E-state index in [-0.39, 0.29) is 17.4 Å². The number of likely N-dealkylation sites (tertiary alicyclic amines) is 1. The molecule has 0 spiro atoms. The first-order valence-electron chi connectivity index (χ1n) is 8.85. The van der Waals surface area contributed by atoms with Crippen LogP contribution in [-0.4, -0.2) is 65.2 Å². The van der Waals surface area contributed by atoms with Gasteiger partial charge in [-0.1, -0.05) is 6.07 Å². The van der Waals surface area contributed by atoms with Gasteiger partial charge in [-0.15, -0.1) is 0 Å². The van der Waals surface area contributed by atoms with Crippen molar-refractivity contribution in [2.75, 3.05) is 44.3 Å². The number of rotatable bonds is 3. The van der Waals surface area contributed by atoms with Gasteiger partial charge in [0.2, 0.25) is 5.95 Å².